The van der Waals surface area contributed by atoms with Crippen molar-refractivity contribution in [3.63, 3.8) is 0 Å². The van der Waals surface area contributed by atoms with E-state index in [1.165, 1.54) is 4.68 Å². The monoisotopic (exact) mass is 363 g/mol. The van der Waals surface area contributed by atoms with E-state index in [4.69, 9.17) is 0 Å². The molecular formula is C20H21N5O2. The number of rotatable bonds is 3. The molecular weight excluding hydrogens is 342 g/mol. The quantitative estimate of drug-likeness (QED) is 0.704. The second-order valence-electron chi connectivity index (χ2n) is 6.67. The highest BCUT2D eigenvalue weighted by Crippen LogP contribution is 2.15. The van der Waals surface area contributed by atoms with Crippen LogP contribution in [0, 0.1) is 6.92 Å². The Balaban J connectivity index is 1.47. The third-order valence-corrected chi connectivity index (χ3v) is 4.98. The van der Waals surface area contributed by atoms with E-state index < -0.39 is 0 Å². The zero-order valence-corrected chi connectivity index (χ0v) is 15.2. The first kappa shape index (κ1) is 17.2. The minimum atomic E-state index is -0.224. The summed E-state index contributed by atoms with van der Waals surface area (Å²) in [5.41, 5.74) is 1.59. The Morgan fingerprint density at radius 1 is 1.04 bits per heavy atom. The molecule has 3 aromatic rings. The first-order valence-electron chi connectivity index (χ1n) is 9.03. The maximum atomic E-state index is 12.7. The van der Waals surface area contributed by atoms with Crippen molar-refractivity contribution in [2.24, 2.45) is 0 Å². The largest absolute Gasteiger partial charge is 0.367 e. The lowest BCUT2D eigenvalue weighted by atomic mass is 10.1. The molecule has 1 amide bonds. The van der Waals surface area contributed by atoms with Gasteiger partial charge in [0.05, 0.1) is 23.0 Å². The van der Waals surface area contributed by atoms with Crippen LogP contribution in [0.3, 0.4) is 0 Å². The van der Waals surface area contributed by atoms with Crippen LogP contribution in [0.1, 0.15) is 5.69 Å². The molecule has 0 N–H and O–H groups in total. The molecule has 1 aliphatic rings. The van der Waals surface area contributed by atoms with Gasteiger partial charge in [-0.25, -0.2) is 4.68 Å². The van der Waals surface area contributed by atoms with Crippen molar-refractivity contribution in [2.75, 3.05) is 31.1 Å². The average molecular weight is 363 g/mol. The fourth-order valence-electron chi connectivity index (χ4n) is 3.49. The van der Waals surface area contributed by atoms with E-state index >= 15 is 0 Å². The number of aryl methyl sites for hydroxylation is 1. The zero-order chi connectivity index (χ0) is 18.8. The smallest absolute Gasteiger partial charge is 0.275 e. The molecule has 138 valence electrons. The van der Waals surface area contributed by atoms with Crippen LogP contribution in [0.4, 0.5) is 5.69 Å². The summed E-state index contributed by atoms with van der Waals surface area (Å²) < 4.78 is 1.29. The third-order valence-electron chi connectivity index (χ3n) is 4.98. The van der Waals surface area contributed by atoms with Crippen LogP contribution in [0.5, 0.6) is 0 Å². The average Bonchev–Trinajstić information content (AvgIpc) is 2.72. The number of hydrogen-bond donors (Lipinski definition) is 0. The van der Waals surface area contributed by atoms with Gasteiger partial charge >= 0.3 is 0 Å². The van der Waals surface area contributed by atoms with Gasteiger partial charge in [-0.1, -0.05) is 18.2 Å². The summed E-state index contributed by atoms with van der Waals surface area (Å²) in [6.07, 6.45) is 3.58. The number of amides is 1. The van der Waals surface area contributed by atoms with Crippen LogP contribution >= 0.6 is 0 Å². The van der Waals surface area contributed by atoms with Crippen molar-refractivity contribution in [3.8, 4) is 0 Å². The number of carbonyl (C=O) groups is 1. The minimum absolute atomic E-state index is 0.0304. The zero-order valence-electron chi connectivity index (χ0n) is 15.2. The Bertz CT molecular complexity index is 1020. The van der Waals surface area contributed by atoms with Gasteiger partial charge in [0, 0.05) is 37.8 Å². The molecule has 27 heavy (non-hydrogen) atoms. The standard InChI is InChI=1S/C20H21N5O2/c1-15-17-6-2-3-7-18(17)20(27)25(22-15)14-19(26)24-11-9-23(10-12-24)16-5-4-8-21-13-16/h2-8,13H,9-12,14H2,1H3. The molecule has 7 heteroatoms. The summed E-state index contributed by atoms with van der Waals surface area (Å²) in [7, 11) is 0. The number of anilines is 1. The maximum absolute atomic E-state index is 12.7. The van der Waals surface area contributed by atoms with Gasteiger partial charge in [0.2, 0.25) is 5.91 Å². The lowest BCUT2D eigenvalue weighted by molar-refractivity contribution is -0.132. The number of carbonyl (C=O) groups excluding carboxylic acids is 1. The van der Waals surface area contributed by atoms with Gasteiger partial charge in [-0.3, -0.25) is 14.6 Å². The summed E-state index contributed by atoms with van der Waals surface area (Å²) in [5, 5.41) is 5.76. The summed E-state index contributed by atoms with van der Waals surface area (Å²) >= 11 is 0. The minimum Gasteiger partial charge on any atom is -0.367 e. The molecule has 1 aromatic carbocycles. The van der Waals surface area contributed by atoms with E-state index in [1.807, 2.05) is 43.5 Å². The Labute approximate surface area is 156 Å². The predicted octanol–water partition coefficient (Wildman–Crippen LogP) is 1.45. The highest BCUT2D eigenvalue weighted by Gasteiger charge is 2.22. The van der Waals surface area contributed by atoms with Gasteiger partial charge in [0.25, 0.3) is 5.56 Å². The number of fused-ring (bicyclic) bond motifs is 1. The van der Waals surface area contributed by atoms with Crippen molar-refractivity contribution < 1.29 is 4.79 Å². The van der Waals surface area contributed by atoms with Gasteiger partial charge in [-0.2, -0.15) is 5.10 Å². The lowest BCUT2D eigenvalue weighted by Gasteiger charge is -2.36. The molecule has 0 radical (unpaired) electrons. The molecule has 2 aromatic heterocycles. The van der Waals surface area contributed by atoms with Crippen molar-refractivity contribution in [2.45, 2.75) is 13.5 Å². The molecule has 1 fully saturated rings. The van der Waals surface area contributed by atoms with Crippen LogP contribution in [-0.4, -0.2) is 51.8 Å². The van der Waals surface area contributed by atoms with Gasteiger partial charge in [0.1, 0.15) is 6.54 Å². The predicted molar refractivity (Wildman–Crippen MR) is 104 cm³/mol. The number of pyridine rings is 1. The van der Waals surface area contributed by atoms with Crippen molar-refractivity contribution in [1.29, 1.82) is 0 Å². The number of benzene rings is 1. The summed E-state index contributed by atoms with van der Waals surface area (Å²) in [5.74, 6) is -0.0786. The third kappa shape index (κ3) is 3.40. The Morgan fingerprint density at radius 2 is 1.78 bits per heavy atom. The molecule has 0 unspecified atom stereocenters. The fourth-order valence-corrected chi connectivity index (χ4v) is 3.49. The summed E-state index contributed by atoms with van der Waals surface area (Å²) in [6, 6.07) is 11.3. The van der Waals surface area contributed by atoms with Gasteiger partial charge < -0.3 is 9.80 Å². The first-order valence-corrected chi connectivity index (χ1v) is 9.03. The van der Waals surface area contributed by atoms with Crippen LogP contribution < -0.4 is 10.5 Å². The SMILES string of the molecule is Cc1nn(CC(=O)N2CCN(c3cccnc3)CC2)c(=O)c2ccccc12. The van der Waals surface area contributed by atoms with Crippen molar-refractivity contribution in [3.05, 3.63) is 64.8 Å². The van der Waals surface area contributed by atoms with Crippen LogP contribution in [0.15, 0.2) is 53.6 Å². The lowest BCUT2D eigenvalue weighted by Crippen LogP contribution is -2.50. The molecule has 0 atom stereocenters. The first-order chi connectivity index (χ1) is 13.1. The molecule has 4 rings (SSSR count). The Morgan fingerprint density at radius 3 is 2.48 bits per heavy atom. The highest BCUT2D eigenvalue weighted by molar-refractivity contribution is 5.83. The van der Waals surface area contributed by atoms with Crippen LogP contribution in [-0.2, 0) is 11.3 Å². The van der Waals surface area contributed by atoms with E-state index in [0.29, 0.717) is 18.5 Å². The van der Waals surface area contributed by atoms with Crippen molar-refractivity contribution in [1.82, 2.24) is 19.7 Å². The molecule has 0 saturated carbocycles. The molecule has 0 spiro atoms. The maximum Gasteiger partial charge on any atom is 0.275 e. The second-order valence-corrected chi connectivity index (χ2v) is 6.67. The van der Waals surface area contributed by atoms with Gasteiger partial charge in [0.15, 0.2) is 0 Å². The van der Waals surface area contributed by atoms with E-state index in [1.54, 1.807) is 17.2 Å². The normalized spacial score (nSPS) is 14.6. The summed E-state index contributed by atoms with van der Waals surface area (Å²) in [4.78, 5) is 33.5. The van der Waals surface area contributed by atoms with E-state index in [2.05, 4.69) is 15.0 Å². The summed E-state index contributed by atoms with van der Waals surface area (Å²) in [6.45, 7) is 4.56. The van der Waals surface area contributed by atoms with E-state index in [-0.39, 0.29) is 18.0 Å². The Kier molecular flexibility index (Phi) is 4.58. The highest BCUT2D eigenvalue weighted by atomic mass is 16.2. The van der Waals surface area contributed by atoms with Gasteiger partial charge in [-0.15, -0.1) is 0 Å². The van der Waals surface area contributed by atoms with Crippen LogP contribution in [0.2, 0.25) is 0 Å². The van der Waals surface area contributed by atoms with E-state index in [9.17, 15) is 9.59 Å². The molecule has 0 bridgehead atoms. The fraction of sp³-hybridized carbons (Fsp3) is 0.300. The topological polar surface area (TPSA) is 71.3 Å². The van der Waals surface area contributed by atoms with Gasteiger partial charge in [-0.05, 0) is 25.1 Å². The molecule has 3 heterocycles. The molecule has 1 aliphatic heterocycles. The van der Waals surface area contributed by atoms with Crippen molar-refractivity contribution >= 4 is 22.4 Å². The number of piperazine rings is 1. The van der Waals surface area contributed by atoms with Crippen LogP contribution in [0.25, 0.3) is 10.8 Å². The number of nitrogens with zero attached hydrogens (tertiary/aromatic N) is 5. The molecule has 0 aliphatic carbocycles. The Hall–Kier alpha value is -3.22. The number of hydrogen-bond acceptors (Lipinski definition) is 5. The van der Waals surface area contributed by atoms with E-state index in [0.717, 1.165) is 29.9 Å². The molecule has 1 saturated heterocycles. The second kappa shape index (κ2) is 7.19. The number of aromatic nitrogens is 3. The molecule has 7 nitrogen and oxygen atoms in total.